The number of carbonyl (C=O) groups excluding carboxylic acids is 1. The van der Waals surface area contributed by atoms with Crippen LogP contribution in [0.5, 0.6) is 5.75 Å². The normalized spacial score (nSPS) is 20.5. The van der Waals surface area contributed by atoms with E-state index in [9.17, 15) is 19.8 Å². The molecule has 3 unspecified atom stereocenters. The molecule has 3 atom stereocenters. The fourth-order valence-electron chi connectivity index (χ4n) is 2.84. The maximum Gasteiger partial charge on any atom is 0.330 e. The fourth-order valence-corrected chi connectivity index (χ4v) is 2.97. The predicted molar refractivity (Wildman–Crippen MR) is 95.5 cm³/mol. The molecule has 0 bridgehead atoms. The summed E-state index contributed by atoms with van der Waals surface area (Å²) in [6, 6.07) is 11.1. The summed E-state index contributed by atoms with van der Waals surface area (Å²) in [5, 5.41) is 21.8. The highest BCUT2D eigenvalue weighted by Gasteiger charge is 2.32. The molecule has 0 saturated carbocycles. The van der Waals surface area contributed by atoms with E-state index in [1.54, 1.807) is 48.5 Å². The van der Waals surface area contributed by atoms with E-state index in [4.69, 9.17) is 11.6 Å². The van der Waals surface area contributed by atoms with Gasteiger partial charge in [0.05, 0.1) is 0 Å². The molecule has 1 saturated heterocycles. The van der Waals surface area contributed by atoms with Crippen LogP contribution in [0.3, 0.4) is 0 Å². The monoisotopic (exact) mass is 375 g/mol. The molecule has 1 heterocycles. The lowest BCUT2D eigenvalue weighted by Gasteiger charge is -2.17. The Morgan fingerprint density at radius 3 is 2.35 bits per heavy atom. The molecule has 7 nitrogen and oxygen atoms in total. The van der Waals surface area contributed by atoms with Crippen molar-refractivity contribution in [2.75, 3.05) is 0 Å². The lowest BCUT2D eigenvalue weighted by atomic mass is 10.0. The average molecular weight is 376 g/mol. The number of halogens is 1. The number of carboxylic acid groups (broad SMARTS) is 1. The van der Waals surface area contributed by atoms with Crippen molar-refractivity contribution in [2.24, 2.45) is 0 Å². The zero-order valence-electron chi connectivity index (χ0n) is 13.6. The number of aromatic hydroxyl groups is 1. The molecule has 1 aliphatic rings. The second kappa shape index (κ2) is 7.74. The Bertz CT molecular complexity index is 795. The fraction of sp³-hybridized carbons (Fsp3) is 0.222. The minimum Gasteiger partial charge on any atom is -0.508 e. The van der Waals surface area contributed by atoms with Gasteiger partial charge in [-0.3, -0.25) is 4.79 Å². The van der Waals surface area contributed by atoms with Crippen LogP contribution in [0.25, 0.3) is 0 Å². The Morgan fingerprint density at radius 2 is 1.73 bits per heavy atom. The second-order valence-electron chi connectivity index (χ2n) is 6.05. The number of nitrogens with one attached hydrogen (secondary N) is 3. The molecule has 0 aliphatic carbocycles. The molecule has 1 aliphatic heterocycles. The molecule has 1 amide bonds. The highest BCUT2D eigenvalue weighted by atomic mass is 35.5. The van der Waals surface area contributed by atoms with E-state index in [0.29, 0.717) is 17.0 Å². The minimum absolute atomic E-state index is 0.120. The third kappa shape index (κ3) is 4.13. The number of hydrogen-bond acceptors (Lipinski definition) is 5. The van der Waals surface area contributed by atoms with Gasteiger partial charge in [-0.05, 0) is 41.8 Å². The number of hydrazine groups is 1. The van der Waals surface area contributed by atoms with Gasteiger partial charge in [-0.1, -0.05) is 35.9 Å². The number of carboxylic acids is 1. The van der Waals surface area contributed by atoms with Crippen LogP contribution in [0.15, 0.2) is 48.5 Å². The van der Waals surface area contributed by atoms with Gasteiger partial charge in [0.2, 0.25) is 5.91 Å². The number of hydrogen-bond donors (Lipinski definition) is 5. The van der Waals surface area contributed by atoms with E-state index in [2.05, 4.69) is 16.2 Å². The number of benzene rings is 2. The Kier molecular flexibility index (Phi) is 5.41. The van der Waals surface area contributed by atoms with E-state index in [1.807, 2.05) is 0 Å². The molecule has 1 fully saturated rings. The van der Waals surface area contributed by atoms with Crippen LogP contribution in [-0.4, -0.2) is 28.1 Å². The first-order chi connectivity index (χ1) is 12.4. The van der Waals surface area contributed by atoms with Crippen LogP contribution < -0.4 is 16.2 Å². The number of aliphatic carboxylic acids is 1. The van der Waals surface area contributed by atoms with E-state index < -0.39 is 24.0 Å². The number of amides is 1. The van der Waals surface area contributed by atoms with E-state index in [-0.39, 0.29) is 11.8 Å². The van der Waals surface area contributed by atoms with Crippen LogP contribution in [-0.2, 0) is 9.59 Å². The number of phenolic OH excluding ortho intramolecular Hbond substituents is 1. The van der Waals surface area contributed by atoms with Crippen LogP contribution >= 0.6 is 11.6 Å². The molecule has 5 N–H and O–H groups in total. The summed E-state index contributed by atoms with van der Waals surface area (Å²) < 4.78 is 0. The Morgan fingerprint density at radius 1 is 1.08 bits per heavy atom. The molecule has 136 valence electrons. The summed E-state index contributed by atoms with van der Waals surface area (Å²) in [6.07, 6.45) is 0.448. The standard InChI is InChI=1S/C18H18ClN3O4/c19-12-5-1-11(2-6-12)16(18(25)26)20-17(24)15-9-14(21-22-15)10-3-7-13(23)8-4-10/h1-8,14-16,21-23H,9H2,(H,20,24)(H,25,26). The summed E-state index contributed by atoms with van der Waals surface area (Å²) >= 11 is 5.82. The lowest BCUT2D eigenvalue weighted by molar-refractivity contribution is -0.142. The van der Waals surface area contributed by atoms with Gasteiger partial charge in [0, 0.05) is 11.1 Å². The van der Waals surface area contributed by atoms with Crippen molar-refractivity contribution in [1.29, 1.82) is 0 Å². The molecule has 3 rings (SSSR count). The molecule has 0 aromatic heterocycles. The van der Waals surface area contributed by atoms with Gasteiger partial charge in [0.15, 0.2) is 6.04 Å². The summed E-state index contributed by atoms with van der Waals surface area (Å²) in [5.74, 6) is -1.40. The molecule has 8 heteroatoms. The van der Waals surface area contributed by atoms with Crippen molar-refractivity contribution >= 4 is 23.5 Å². The maximum absolute atomic E-state index is 12.5. The first-order valence-corrected chi connectivity index (χ1v) is 8.40. The van der Waals surface area contributed by atoms with Gasteiger partial charge >= 0.3 is 5.97 Å². The first kappa shape index (κ1) is 18.2. The van der Waals surface area contributed by atoms with Crippen molar-refractivity contribution in [3.05, 3.63) is 64.7 Å². The zero-order valence-corrected chi connectivity index (χ0v) is 14.4. The van der Waals surface area contributed by atoms with Gasteiger partial charge in [0.25, 0.3) is 0 Å². The van der Waals surface area contributed by atoms with Crippen LogP contribution in [0.1, 0.15) is 29.6 Å². The molecule has 0 radical (unpaired) electrons. The molecule has 2 aromatic rings. The summed E-state index contributed by atoms with van der Waals surface area (Å²) in [4.78, 5) is 24.0. The van der Waals surface area contributed by atoms with Crippen LogP contribution in [0, 0.1) is 0 Å². The lowest BCUT2D eigenvalue weighted by Crippen LogP contribution is -2.46. The number of phenols is 1. The second-order valence-corrected chi connectivity index (χ2v) is 6.49. The zero-order chi connectivity index (χ0) is 18.7. The summed E-state index contributed by atoms with van der Waals surface area (Å²) in [6.45, 7) is 0. The number of carbonyl (C=O) groups is 2. The van der Waals surface area contributed by atoms with Gasteiger partial charge in [-0.15, -0.1) is 0 Å². The van der Waals surface area contributed by atoms with Gasteiger partial charge in [-0.2, -0.15) is 0 Å². The Hall–Kier alpha value is -2.61. The molecular weight excluding hydrogens is 358 g/mol. The summed E-state index contributed by atoms with van der Waals surface area (Å²) in [5.41, 5.74) is 7.26. The number of rotatable bonds is 5. The van der Waals surface area contributed by atoms with E-state index in [1.165, 1.54) is 0 Å². The smallest absolute Gasteiger partial charge is 0.330 e. The predicted octanol–water partition coefficient (Wildman–Crippen LogP) is 1.90. The molecule has 2 aromatic carbocycles. The topological polar surface area (TPSA) is 111 Å². The highest BCUT2D eigenvalue weighted by Crippen LogP contribution is 2.24. The largest absolute Gasteiger partial charge is 0.508 e. The minimum atomic E-state index is -1.16. The van der Waals surface area contributed by atoms with Crippen molar-refractivity contribution in [3.63, 3.8) is 0 Å². The van der Waals surface area contributed by atoms with Crippen LogP contribution in [0.4, 0.5) is 0 Å². The molecular formula is C18H18ClN3O4. The van der Waals surface area contributed by atoms with Gasteiger partial charge in [0.1, 0.15) is 11.8 Å². The Labute approximate surface area is 155 Å². The van der Waals surface area contributed by atoms with Gasteiger partial charge in [-0.25, -0.2) is 15.6 Å². The first-order valence-electron chi connectivity index (χ1n) is 8.02. The third-order valence-corrected chi connectivity index (χ3v) is 4.50. The quantitative estimate of drug-likeness (QED) is 0.546. The average Bonchev–Trinajstić information content (AvgIpc) is 3.11. The molecule has 0 spiro atoms. The highest BCUT2D eigenvalue weighted by molar-refractivity contribution is 6.30. The molecule has 26 heavy (non-hydrogen) atoms. The maximum atomic E-state index is 12.5. The van der Waals surface area contributed by atoms with Crippen molar-refractivity contribution in [2.45, 2.75) is 24.5 Å². The SMILES string of the molecule is O=C(NC(C(=O)O)c1ccc(Cl)cc1)C1CC(c2ccc(O)cc2)NN1. The van der Waals surface area contributed by atoms with Gasteiger partial charge < -0.3 is 15.5 Å². The Balaban J connectivity index is 1.66. The third-order valence-electron chi connectivity index (χ3n) is 4.25. The summed E-state index contributed by atoms with van der Waals surface area (Å²) in [7, 11) is 0. The van der Waals surface area contributed by atoms with E-state index >= 15 is 0 Å². The van der Waals surface area contributed by atoms with Crippen LogP contribution in [0.2, 0.25) is 5.02 Å². The van der Waals surface area contributed by atoms with Crippen molar-refractivity contribution in [1.82, 2.24) is 16.2 Å². The van der Waals surface area contributed by atoms with Crippen molar-refractivity contribution < 1.29 is 19.8 Å². The van der Waals surface area contributed by atoms with E-state index in [0.717, 1.165) is 5.56 Å². The van der Waals surface area contributed by atoms with Crippen molar-refractivity contribution in [3.8, 4) is 5.75 Å².